The first-order valence-corrected chi connectivity index (χ1v) is 3.88. The third-order valence-electron chi connectivity index (χ3n) is 1.52. The molecule has 0 aliphatic heterocycles. The van der Waals surface area contributed by atoms with Crippen LogP contribution in [0.1, 0.15) is 15.2 Å². The molecule has 0 aliphatic carbocycles. The molecule has 1 N–H and O–H groups in total. The summed E-state index contributed by atoms with van der Waals surface area (Å²) in [7, 11) is 0. The minimum atomic E-state index is -2.28. The first kappa shape index (κ1) is 6.63. The Kier molecular flexibility index (Phi) is 2.71. The van der Waals surface area contributed by atoms with E-state index in [4.69, 9.17) is 12.6 Å². The van der Waals surface area contributed by atoms with Gasteiger partial charge in [-0.2, -0.15) is 0 Å². The Bertz CT molecular complexity index is 269. The van der Waals surface area contributed by atoms with Crippen molar-refractivity contribution < 1.29 is 12.6 Å². The van der Waals surface area contributed by atoms with E-state index in [9.17, 15) is 0 Å². The molecule has 2 nitrogen and oxygen atoms in total. The smallest absolute Gasteiger partial charge is 0.0782 e. The molecule has 0 bridgehead atoms. The third kappa shape index (κ3) is 3.03. The zero-order valence-corrected chi connectivity index (χ0v) is 7.03. The van der Waals surface area contributed by atoms with Crippen molar-refractivity contribution in [2.75, 3.05) is 6.56 Å². The van der Waals surface area contributed by atoms with E-state index >= 15 is 0 Å². The number of benzene rings is 1. The largest absolute Gasteiger partial charge is 0.394 e. The van der Waals surface area contributed by atoms with Crippen LogP contribution >= 0.6 is 0 Å². The first-order chi connectivity index (χ1) is 6.50. The van der Waals surface area contributed by atoms with Crippen LogP contribution in [-0.2, 0) is 11.3 Å². The molecule has 0 saturated carbocycles. The molecular weight excluding hydrogens is 152 g/mol. The minimum absolute atomic E-state index is 0.308. The molecule has 0 heterocycles. The lowest BCUT2D eigenvalue weighted by Gasteiger charge is -2.09. The van der Waals surface area contributed by atoms with Gasteiger partial charge >= 0.3 is 0 Å². The molecule has 1 atom stereocenters. The van der Waals surface area contributed by atoms with Gasteiger partial charge in [-0.25, -0.2) is 0 Å². The van der Waals surface area contributed by atoms with Gasteiger partial charge in [0.25, 0.3) is 0 Å². The SMILES string of the molecule is [2H]C([2H])(O)[C@H](C)OCc1ccccc1. The van der Waals surface area contributed by atoms with Gasteiger partial charge in [0.1, 0.15) is 0 Å². The average molecular weight is 168 g/mol. The van der Waals surface area contributed by atoms with E-state index < -0.39 is 12.7 Å². The van der Waals surface area contributed by atoms with Gasteiger partial charge in [0.15, 0.2) is 0 Å². The van der Waals surface area contributed by atoms with Crippen LogP contribution in [0.4, 0.5) is 0 Å². The van der Waals surface area contributed by atoms with Crippen molar-refractivity contribution >= 4 is 0 Å². The number of hydrogen-bond donors (Lipinski definition) is 1. The Morgan fingerprint density at radius 3 is 2.75 bits per heavy atom. The normalized spacial score (nSPS) is 16.5. The second-order valence-electron chi connectivity index (χ2n) is 2.57. The van der Waals surface area contributed by atoms with E-state index in [1.165, 1.54) is 6.92 Å². The monoisotopic (exact) mass is 168 g/mol. The van der Waals surface area contributed by atoms with E-state index in [0.717, 1.165) is 5.56 Å². The fourth-order valence-corrected chi connectivity index (χ4v) is 0.833. The molecule has 0 saturated heterocycles. The summed E-state index contributed by atoms with van der Waals surface area (Å²) >= 11 is 0. The van der Waals surface area contributed by atoms with Crippen molar-refractivity contribution in [3.63, 3.8) is 0 Å². The standard InChI is InChI=1S/C10H14O2/c1-9(7-11)12-8-10-5-3-2-4-6-10/h2-6,9,11H,7-8H2,1H3/t9-/m0/s1/i7D2. The van der Waals surface area contributed by atoms with Gasteiger partial charge in [0.05, 0.1) is 22.0 Å². The topological polar surface area (TPSA) is 29.5 Å². The Labute approximate surface area is 75.6 Å². The van der Waals surface area contributed by atoms with E-state index in [1.807, 2.05) is 30.3 Å². The van der Waals surface area contributed by atoms with Gasteiger partial charge in [0.2, 0.25) is 0 Å². The Balaban J connectivity index is 2.42. The summed E-state index contributed by atoms with van der Waals surface area (Å²) in [5.74, 6) is 0. The molecule has 0 fully saturated rings. The lowest BCUT2D eigenvalue weighted by molar-refractivity contribution is 0.0145. The molecule has 12 heavy (non-hydrogen) atoms. The number of hydrogen-bond acceptors (Lipinski definition) is 2. The second-order valence-corrected chi connectivity index (χ2v) is 2.57. The van der Waals surface area contributed by atoms with Gasteiger partial charge in [0, 0.05) is 0 Å². The number of ether oxygens (including phenoxy) is 1. The summed E-state index contributed by atoms with van der Waals surface area (Å²) < 4.78 is 19.2. The van der Waals surface area contributed by atoms with Crippen molar-refractivity contribution in [1.82, 2.24) is 0 Å². The zero-order chi connectivity index (χ0) is 10.6. The summed E-state index contributed by atoms with van der Waals surface area (Å²) in [6, 6.07) is 9.45. The first-order valence-electron chi connectivity index (χ1n) is 4.88. The van der Waals surface area contributed by atoms with Gasteiger partial charge in [-0.1, -0.05) is 30.3 Å². The second kappa shape index (κ2) is 4.91. The van der Waals surface area contributed by atoms with E-state index in [2.05, 4.69) is 0 Å². The fraction of sp³-hybridized carbons (Fsp3) is 0.400. The van der Waals surface area contributed by atoms with Crippen LogP contribution in [0.2, 0.25) is 0 Å². The molecule has 0 aliphatic rings. The van der Waals surface area contributed by atoms with Crippen LogP contribution in [0.15, 0.2) is 30.3 Å². The molecule has 1 aromatic rings. The maximum Gasteiger partial charge on any atom is 0.0782 e. The maximum atomic E-state index is 8.97. The number of aliphatic hydroxyl groups is 1. The lowest BCUT2D eigenvalue weighted by Crippen LogP contribution is -2.12. The summed E-state index contributed by atoms with van der Waals surface area (Å²) in [4.78, 5) is 0. The van der Waals surface area contributed by atoms with Crippen LogP contribution in [0.5, 0.6) is 0 Å². The highest BCUT2D eigenvalue weighted by Gasteiger charge is 1.98. The summed E-state index contributed by atoms with van der Waals surface area (Å²) in [5, 5.41) is 8.97. The van der Waals surface area contributed by atoms with Crippen molar-refractivity contribution in [2.24, 2.45) is 0 Å². The quantitative estimate of drug-likeness (QED) is 0.739. The molecule has 0 spiro atoms. The van der Waals surface area contributed by atoms with Crippen molar-refractivity contribution in [1.29, 1.82) is 0 Å². The zero-order valence-electron chi connectivity index (χ0n) is 9.03. The van der Waals surface area contributed by atoms with Crippen molar-refractivity contribution in [2.45, 2.75) is 19.6 Å². The number of rotatable bonds is 4. The average Bonchev–Trinajstić information content (AvgIpc) is 2.14. The van der Waals surface area contributed by atoms with Gasteiger partial charge in [-0.15, -0.1) is 0 Å². The van der Waals surface area contributed by atoms with Crippen LogP contribution < -0.4 is 0 Å². The molecule has 1 aromatic carbocycles. The van der Waals surface area contributed by atoms with E-state index in [-0.39, 0.29) is 0 Å². The molecule has 0 aromatic heterocycles. The molecule has 0 radical (unpaired) electrons. The van der Waals surface area contributed by atoms with Crippen LogP contribution in [-0.4, -0.2) is 17.8 Å². The van der Waals surface area contributed by atoms with Crippen molar-refractivity contribution in [3.05, 3.63) is 35.9 Å². The van der Waals surface area contributed by atoms with Crippen LogP contribution in [0, 0.1) is 0 Å². The highest BCUT2D eigenvalue weighted by atomic mass is 16.5. The predicted octanol–water partition coefficient (Wildman–Crippen LogP) is 1.58. The van der Waals surface area contributed by atoms with Gasteiger partial charge < -0.3 is 9.84 Å². The van der Waals surface area contributed by atoms with E-state index in [1.54, 1.807) is 0 Å². The predicted molar refractivity (Wildman–Crippen MR) is 47.8 cm³/mol. The van der Waals surface area contributed by atoms with Crippen molar-refractivity contribution in [3.8, 4) is 0 Å². The third-order valence-corrected chi connectivity index (χ3v) is 1.52. The Hall–Kier alpha value is -0.860. The Morgan fingerprint density at radius 2 is 2.17 bits per heavy atom. The molecule has 66 valence electrons. The lowest BCUT2D eigenvalue weighted by atomic mass is 10.2. The molecule has 1 rings (SSSR count). The molecule has 2 heteroatoms. The summed E-state index contributed by atoms with van der Waals surface area (Å²) in [6.45, 7) is -0.472. The molecule has 0 unspecified atom stereocenters. The minimum Gasteiger partial charge on any atom is -0.394 e. The highest BCUT2D eigenvalue weighted by Crippen LogP contribution is 2.02. The Morgan fingerprint density at radius 1 is 1.50 bits per heavy atom. The maximum absolute atomic E-state index is 8.97. The van der Waals surface area contributed by atoms with Crippen LogP contribution in [0.25, 0.3) is 0 Å². The summed E-state index contributed by atoms with van der Waals surface area (Å²) in [6.07, 6.45) is -0.831. The van der Waals surface area contributed by atoms with Crippen LogP contribution in [0.3, 0.4) is 0 Å². The summed E-state index contributed by atoms with van der Waals surface area (Å²) in [5.41, 5.74) is 0.962. The fourth-order valence-electron chi connectivity index (χ4n) is 0.833. The van der Waals surface area contributed by atoms with E-state index in [0.29, 0.717) is 6.61 Å². The molecular formula is C10H14O2. The van der Waals surface area contributed by atoms with Gasteiger partial charge in [-0.3, -0.25) is 0 Å². The highest BCUT2D eigenvalue weighted by molar-refractivity contribution is 5.13. The van der Waals surface area contributed by atoms with Gasteiger partial charge in [-0.05, 0) is 12.5 Å². The molecule has 0 amide bonds.